The zero-order chi connectivity index (χ0) is 22.2. The van der Waals surface area contributed by atoms with Crippen LogP contribution in [0.5, 0.6) is 11.5 Å². The molecule has 1 fully saturated rings. The maximum absolute atomic E-state index is 11.9. The van der Waals surface area contributed by atoms with Gasteiger partial charge in [0.05, 0.1) is 20.8 Å². The van der Waals surface area contributed by atoms with Crippen molar-refractivity contribution >= 4 is 23.4 Å². The normalized spacial score (nSPS) is 13.6. The summed E-state index contributed by atoms with van der Waals surface area (Å²) in [5.74, 6) is 2.67. The Balaban J connectivity index is 1.58. The molecule has 168 valence electrons. The molecule has 1 aliphatic rings. The number of carbonyl (C=O) groups is 1. The minimum atomic E-state index is -0.282. The number of nitrogens with one attached hydrogen (secondary N) is 1. The summed E-state index contributed by atoms with van der Waals surface area (Å²) in [5, 5.41) is 3.29. The third kappa shape index (κ3) is 5.39. The van der Waals surface area contributed by atoms with Crippen molar-refractivity contribution in [1.29, 1.82) is 0 Å². The van der Waals surface area contributed by atoms with Crippen molar-refractivity contribution in [2.45, 2.75) is 13.3 Å². The maximum atomic E-state index is 11.9. The van der Waals surface area contributed by atoms with E-state index in [1.54, 1.807) is 26.0 Å². The lowest BCUT2D eigenvalue weighted by atomic mass is 10.1. The van der Waals surface area contributed by atoms with Gasteiger partial charge < -0.3 is 35.1 Å². The summed E-state index contributed by atoms with van der Waals surface area (Å²) in [4.78, 5) is 24.3. The molecule has 0 bridgehead atoms. The number of nitrogens with two attached hydrogens (primary N) is 1. The average molecular weight is 431 g/mol. The van der Waals surface area contributed by atoms with E-state index in [1.165, 1.54) is 6.33 Å². The molecule has 31 heavy (non-hydrogen) atoms. The predicted octanol–water partition coefficient (Wildman–Crippen LogP) is 2.01. The van der Waals surface area contributed by atoms with Gasteiger partial charge in [0.15, 0.2) is 23.1 Å². The van der Waals surface area contributed by atoms with Crippen LogP contribution in [0, 0.1) is 0 Å². The second-order valence-electron chi connectivity index (χ2n) is 7.00. The van der Waals surface area contributed by atoms with Crippen molar-refractivity contribution in [2.75, 3.05) is 69.5 Å². The van der Waals surface area contributed by atoms with Crippen LogP contribution in [0.2, 0.25) is 0 Å². The van der Waals surface area contributed by atoms with Crippen molar-refractivity contribution in [1.82, 2.24) is 14.9 Å². The Hall–Kier alpha value is -3.43. The Labute approximate surface area is 182 Å². The summed E-state index contributed by atoms with van der Waals surface area (Å²) in [6.45, 7) is 5.20. The van der Waals surface area contributed by atoms with Crippen molar-refractivity contribution in [3.05, 3.63) is 30.1 Å². The van der Waals surface area contributed by atoms with Crippen LogP contribution in [0.15, 0.2) is 24.5 Å². The zero-order valence-electron chi connectivity index (χ0n) is 18.3. The highest BCUT2D eigenvalue weighted by molar-refractivity contribution is 5.75. The first kappa shape index (κ1) is 22.3. The number of hydrogen-bond acceptors (Lipinski definition) is 9. The Morgan fingerprint density at radius 2 is 1.87 bits per heavy atom. The van der Waals surface area contributed by atoms with Crippen LogP contribution in [0.4, 0.5) is 22.1 Å². The number of benzene rings is 1. The van der Waals surface area contributed by atoms with E-state index in [-0.39, 0.29) is 6.09 Å². The molecular formula is C21H30N6O4. The molecule has 0 atom stereocenters. The van der Waals surface area contributed by atoms with Crippen molar-refractivity contribution in [3.8, 4) is 11.5 Å². The number of amides is 1. The van der Waals surface area contributed by atoms with Gasteiger partial charge in [0.1, 0.15) is 12.0 Å². The fourth-order valence-electron chi connectivity index (χ4n) is 3.46. The van der Waals surface area contributed by atoms with Gasteiger partial charge in [-0.3, -0.25) is 0 Å². The highest BCUT2D eigenvalue weighted by Gasteiger charge is 2.24. The van der Waals surface area contributed by atoms with Gasteiger partial charge >= 0.3 is 6.09 Å². The summed E-state index contributed by atoms with van der Waals surface area (Å²) < 4.78 is 15.7. The van der Waals surface area contributed by atoms with Crippen LogP contribution < -0.4 is 25.4 Å². The fraction of sp³-hybridized carbons (Fsp3) is 0.476. The van der Waals surface area contributed by atoms with E-state index in [2.05, 4.69) is 20.2 Å². The summed E-state index contributed by atoms with van der Waals surface area (Å²) in [6.07, 6.45) is 1.98. The highest BCUT2D eigenvalue weighted by atomic mass is 16.6. The number of methoxy groups -OCH3 is 2. The van der Waals surface area contributed by atoms with E-state index in [9.17, 15) is 4.79 Å². The van der Waals surface area contributed by atoms with Crippen LogP contribution in [0.25, 0.3) is 0 Å². The maximum Gasteiger partial charge on any atom is 0.409 e. The molecule has 0 radical (unpaired) electrons. The molecule has 2 aromatic rings. The van der Waals surface area contributed by atoms with Crippen molar-refractivity contribution in [3.63, 3.8) is 0 Å². The zero-order valence-corrected chi connectivity index (χ0v) is 18.3. The molecule has 2 heterocycles. The number of hydrogen-bond donors (Lipinski definition) is 2. The number of aromatic nitrogens is 2. The molecule has 1 aromatic carbocycles. The fourth-order valence-corrected chi connectivity index (χ4v) is 3.46. The van der Waals surface area contributed by atoms with E-state index < -0.39 is 0 Å². The molecule has 1 amide bonds. The van der Waals surface area contributed by atoms with E-state index in [4.69, 9.17) is 19.9 Å². The second-order valence-corrected chi connectivity index (χ2v) is 7.00. The van der Waals surface area contributed by atoms with Crippen LogP contribution in [0.1, 0.15) is 12.5 Å². The number of anilines is 3. The Bertz CT molecular complexity index is 886. The molecule has 1 aliphatic heterocycles. The molecular weight excluding hydrogens is 400 g/mol. The Morgan fingerprint density at radius 3 is 2.55 bits per heavy atom. The predicted molar refractivity (Wildman–Crippen MR) is 119 cm³/mol. The SMILES string of the molecule is CCOC(=O)N1CCN(c2ncnc(NCCc3ccc(OC)c(OC)c3)c2N)CC1. The lowest BCUT2D eigenvalue weighted by Gasteiger charge is -2.35. The van der Waals surface area contributed by atoms with Crippen LogP contribution in [-0.2, 0) is 11.2 Å². The van der Waals surface area contributed by atoms with E-state index in [1.807, 2.05) is 18.2 Å². The topological polar surface area (TPSA) is 115 Å². The van der Waals surface area contributed by atoms with Crippen LogP contribution in [0.3, 0.4) is 0 Å². The first-order chi connectivity index (χ1) is 15.1. The van der Waals surface area contributed by atoms with Gasteiger partial charge in [-0.15, -0.1) is 0 Å². The molecule has 0 aliphatic carbocycles. The summed E-state index contributed by atoms with van der Waals surface area (Å²) in [6, 6.07) is 5.85. The third-order valence-electron chi connectivity index (χ3n) is 5.12. The summed E-state index contributed by atoms with van der Waals surface area (Å²) in [5.41, 5.74) is 7.95. The summed E-state index contributed by atoms with van der Waals surface area (Å²) >= 11 is 0. The number of piperazine rings is 1. The minimum Gasteiger partial charge on any atom is -0.493 e. The average Bonchev–Trinajstić information content (AvgIpc) is 2.80. The van der Waals surface area contributed by atoms with Crippen LogP contribution >= 0.6 is 0 Å². The van der Waals surface area contributed by atoms with E-state index in [0.29, 0.717) is 68.2 Å². The molecule has 0 saturated carbocycles. The molecule has 0 unspecified atom stereocenters. The monoisotopic (exact) mass is 430 g/mol. The van der Waals surface area contributed by atoms with Gasteiger partial charge in [0.25, 0.3) is 0 Å². The van der Waals surface area contributed by atoms with Gasteiger partial charge in [0, 0.05) is 32.7 Å². The molecule has 3 rings (SSSR count). The van der Waals surface area contributed by atoms with Gasteiger partial charge in [-0.05, 0) is 31.0 Å². The standard InChI is InChI=1S/C21H30N6O4/c1-4-31-21(28)27-11-9-26(10-12-27)20-18(22)19(24-14-25-20)23-8-7-15-5-6-16(29-2)17(13-15)30-3/h5-6,13-14H,4,7-12,22H2,1-3H3,(H,23,24,25). The first-order valence-corrected chi connectivity index (χ1v) is 10.3. The lowest BCUT2D eigenvalue weighted by molar-refractivity contribution is 0.105. The molecule has 10 heteroatoms. The number of ether oxygens (including phenoxy) is 3. The molecule has 1 saturated heterocycles. The third-order valence-corrected chi connectivity index (χ3v) is 5.12. The molecule has 3 N–H and O–H groups in total. The minimum absolute atomic E-state index is 0.282. The van der Waals surface area contributed by atoms with Gasteiger partial charge in [0.2, 0.25) is 0 Å². The second kappa shape index (κ2) is 10.6. The van der Waals surface area contributed by atoms with Gasteiger partial charge in [-0.1, -0.05) is 6.07 Å². The van der Waals surface area contributed by atoms with Gasteiger partial charge in [-0.2, -0.15) is 0 Å². The highest BCUT2D eigenvalue weighted by Crippen LogP contribution is 2.29. The van der Waals surface area contributed by atoms with E-state index >= 15 is 0 Å². The number of rotatable bonds is 8. The Kier molecular flexibility index (Phi) is 7.58. The number of nitrogen functional groups attached to an aromatic ring is 1. The molecule has 10 nitrogen and oxygen atoms in total. The van der Waals surface area contributed by atoms with Crippen molar-refractivity contribution in [2.24, 2.45) is 0 Å². The summed E-state index contributed by atoms with van der Waals surface area (Å²) in [7, 11) is 3.24. The first-order valence-electron chi connectivity index (χ1n) is 10.3. The Morgan fingerprint density at radius 1 is 1.13 bits per heavy atom. The van der Waals surface area contributed by atoms with Crippen LogP contribution in [-0.4, -0.2) is 74.5 Å². The van der Waals surface area contributed by atoms with Gasteiger partial charge in [-0.25, -0.2) is 14.8 Å². The number of carbonyl (C=O) groups excluding carboxylic acids is 1. The lowest BCUT2D eigenvalue weighted by Crippen LogP contribution is -2.49. The molecule has 1 aromatic heterocycles. The quantitative estimate of drug-likeness (QED) is 0.649. The van der Waals surface area contributed by atoms with E-state index in [0.717, 1.165) is 12.0 Å². The van der Waals surface area contributed by atoms with Crippen molar-refractivity contribution < 1.29 is 19.0 Å². The molecule has 0 spiro atoms. The largest absolute Gasteiger partial charge is 0.493 e. The smallest absolute Gasteiger partial charge is 0.409 e. The number of nitrogens with zero attached hydrogens (tertiary/aromatic N) is 4.